The number of halogens is 4. The highest BCUT2D eigenvalue weighted by molar-refractivity contribution is 6.56. The van der Waals surface area contributed by atoms with E-state index in [9.17, 15) is 14.4 Å². The quantitative estimate of drug-likeness (QED) is 0.195. The number of amides is 2. The van der Waals surface area contributed by atoms with Gasteiger partial charge in [0, 0.05) is 6.42 Å². The molecule has 1 aliphatic heterocycles. The van der Waals surface area contributed by atoms with Crippen LogP contribution in [-0.2, 0) is 4.79 Å². The van der Waals surface area contributed by atoms with Crippen molar-refractivity contribution in [2.75, 3.05) is 4.90 Å². The van der Waals surface area contributed by atoms with E-state index in [0.717, 1.165) is 4.90 Å². The summed E-state index contributed by atoms with van der Waals surface area (Å²) in [5, 5.41) is -0.453. The zero-order valence-corrected chi connectivity index (χ0v) is 16.8. The molecule has 2 aromatic carbocycles. The summed E-state index contributed by atoms with van der Waals surface area (Å²) in [7, 11) is 0. The van der Waals surface area contributed by atoms with Crippen molar-refractivity contribution in [2.24, 2.45) is 0 Å². The molecule has 0 spiro atoms. The minimum Gasteiger partial charge on any atom is -0.427 e. The molecule has 9 heteroatoms. The zero-order valence-electron chi connectivity index (χ0n) is 13.8. The number of fused-ring (bicyclic) bond motifs is 1. The Morgan fingerprint density at radius 1 is 0.889 bits per heavy atom. The van der Waals surface area contributed by atoms with Crippen molar-refractivity contribution in [1.82, 2.24) is 0 Å². The van der Waals surface area contributed by atoms with E-state index in [-0.39, 0.29) is 42.9 Å². The van der Waals surface area contributed by atoms with Gasteiger partial charge in [0.2, 0.25) is 0 Å². The van der Waals surface area contributed by atoms with Crippen LogP contribution in [0.5, 0.6) is 5.75 Å². The number of carbonyl (C=O) groups excluding carboxylic acids is 3. The minimum atomic E-state index is -0.670. The van der Waals surface area contributed by atoms with Crippen LogP contribution < -0.4 is 9.64 Å². The van der Waals surface area contributed by atoms with E-state index in [1.165, 1.54) is 24.3 Å². The van der Waals surface area contributed by atoms with E-state index < -0.39 is 11.8 Å². The first kappa shape index (κ1) is 20.0. The SMILES string of the molecule is CCCC(=O)Oc1ccc(N2C(=O)c3c(Cl)c(Cl)c(Cl)c(Cl)c3C2=O)cc1. The summed E-state index contributed by atoms with van der Waals surface area (Å²) in [4.78, 5) is 38.0. The molecule has 1 heterocycles. The van der Waals surface area contributed by atoms with E-state index >= 15 is 0 Å². The molecule has 2 amide bonds. The van der Waals surface area contributed by atoms with Crippen LogP contribution in [0.2, 0.25) is 20.1 Å². The predicted molar refractivity (Wildman–Crippen MR) is 105 cm³/mol. The Bertz CT molecular complexity index is 926. The fraction of sp³-hybridized carbons (Fsp3) is 0.167. The lowest BCUT2D eigenvalue weighted by atomic mass is 10.1. The highest BCUT2D eigenvalue weighted by atomic mass is 35.5. The molecule has 3 rings (SSSR count). The van der Waals surface area contributed by atoms with Gasteiger partial charge in [0.25, 0.3) is 11.8 Å². The maximum Gasteiger partial charge on any atom is 0.311 e. The summed E-state index contributed by atoms with van der Waals surface area (Å²) in [6.07, 6.45) is 0.956. The molecule has 0 unspecified atom stereocenters. The molecule has 0 saturated carbocycles. The second-order valence-electron chi connectivity index (χ2n) is 5.67. The molecule has 0 aromatic heterocycles. The monoisotopic (exact) mass is 445 g/mol. The first-order valence-corrected chi connectivity index (χ1v) is 9.34. The van der Waals surface area contributed by atoms with Gasteiger partial charge in [0.05, 0.1) is 36.9 Å². The van der Waals surface area contributed by atoms with Crippen LogP contribution in [0.15, 0.2) is 24.3 Å². The summed E-state index contributed by atoms with van der Waals surface area (Å²) < 4.78 is 5.15. The molecule has 0 saturated heterocycles. The Morgan fingerprint density at radius 2 is 1.37 bits per heavy atom. The normalized spacial score (nSPS) is 13.1. The average molecular weight is 447 g/mol. The molecule has 1 aliphatic rings. The summed E-state index contributed by atoms with van der Waals surface area (Å²) in [6, 6.07) is 5.91. The number of benzene rings is 2. The second-order valence-corrected chi connectivity index (χ2v) is 7.18. The van der Waals surface area contributed by atoms with Gasteiger partial charge >= 0.3 is 5.97 Å². The smallest absolute Gasteiger partial charge is 0.311 e. The van der Waals surface area contributed by atoms with E-state index in [1.807, 2.05) is 6.92 Å². The standard InChI is InChI=1S/C18H11Cl4NO4/c1-2-3-10(24)27-9-6-4-8(5-7-9)23-17(25)11-12(18(23)26)14(20)16(22)15(21)13(11)19/h4-7H,2-3H2,1H3. The number of rotatable bonds is 4. The van der Waals surface area contributed by atoms with Gasteiger partial charge in [0.15, 0.2) is 0 Å². The van der Waals surface area contributed by atoms with Gasteiger partial charge in [-0.2, -0.15) is 0 Å². The maximum atomic E-state index is 12.8. The Kier molecular flexibility index (Phi) is 5.68. The number of hydrogen-bond acceptors (Lipinski definition) is 4. The summed E-state index contributed by atoms with van der Waals surface area (Å²) in [5.41, 5.74) is 0.0647. The fourth-order valence-corrected chi connectivity index (χ4v) is 3.65. The zero-order chi connectivity index (χ0) is 19.9. The molecule has 0 atom stereocenters. The van der Waals surface area contributed by atoms with Crippen molar-refractivity contribution in [3.8, 4) is 5.75 Å². The number of anilines is 1. The molecule has 0 aliphatic carbocycles. The number of hydrogen-bond donors (Lipinski definition) is 0. The third kappa shape index (κ3) is 3.41. The molecule has 2 aromatic rings. The van der Waals surface area contributed by atoms with Crippen LogP contribution in [0.1, 0.15) is 40.5 Å². The van der Waals surface area contributed by atoms with E-state index in [4.69, 9.17) is 51.1 Å². The van der Waals surface area contributed by atoms with E-state index in [2.05, 4.69) is 0 Å². The second kappa shape index (κ2) is 7.68. The van der Waals surface area contributed by atoms with Gasteiger partial charge in [-0.05, 0) is 30.7 Å². The van der Waals surface area contributed by atoms with Crippen molar-refractivity contribution in [2.45, 2.75) is 19.8 Å². The number of carbonyl (C=O) groups is 3. The molecule has 140 valence electrons. The van der Waals surface area contributed by atoms with Gasteiger partial charge < -0.3 is 4.74 Å². The van der Waals surface area contributed by atoms with Gasteiger partial charge in [0.1, 0.15) is 5.75 Å². The lowest BCUT2D eigenvalue weighted by molar-refractivity contribution is -0.134. The van der Waals surface area contributed by atoms with Crippen molar-refractivity contribution in [3.63, 3.8) is 0 Å². The van der Waals surface area contributed by atoms with Gasteiger partial charge in [-0.15, -0.1) is 0 Å². The molecule has 0 N–H and O–H groups in total. The summed E-state index contributed by atoms with van der Waals surface area (Å²) in [5.74, 6) is -1.41. The Balaban J connectivity index is 1.96. The summed E-state index contributed by atoms with van der Waals surface area (Å²) >= 11 is 24.2. The van der Waals surface area contributed by atoms with Crippen molar-refractivity contribution >= 4 is 69.9 Å². The topological polar surface area (TPSA) is 63.7 Å². The van der Waals surface area contributed by atoms with E-state index in [1.54, 1.807) is 0 Å². The Labute approximate surface area is 174 Å². The maximum absolute atomic E-state index is 12.8. The fourth-order valence-electron chi connectivity index (χ4n) is 2.63. The van der Waals surface area contributed by atoms with Crippen LogP contribution in [0, 0.1) is 0 Å². The highest BCUT2D eigenvalue weighted by Gasteiger charge is 2.42. The first-order chi connectivity index (χ1) is 12.8. The Hall–Kier alpha value is -1.79. The third-order valence-corrected chi connectivity index (χ3v) is 5.68. The Morgan fingerprint density at radius 3 is 1.81 bits per heavy atom. The number of ether oxygens (including phenoxy) is 1. The van der Waals surface area contributed by atoms with Crippen LogP contribution in [0.3, 0.4) is 0 Å². The number of imide groups is 1. The largest absolute Gasteiger partial charge is 0.427 e. The van der Waals surface area contributed by atoms with Gasteiger partial charge in [-0.25, -0.2) is 4.90 Å². The third-order valence-electron chi connectivity index (χ3n) is 3.88. The van der Waals surface area contributed by atoms with Crippen molar-refractivity contribution < 1.29 is 19.1 Å². The van der Waals surface area contributed by atoms with Crippen molar-refractivity contribution in [1.29, 1.82) is 0 Å². The number of nitrogens with zero attached hydrogens (tertiary/aromatic N) is 1. The molecule has 0 bridgehead atoms. The van der Waals surface area contributed by atoms with Crippen molar-refractivity contribution in [3.05, 3.63) is 55.5 Å². The minimum absolute atomic E-state index is 0.0942. The van der Waals surface area contributed by atoms with Crippen LogP contribution in [0.25, 0.3) is 0 Å². The molecule has 0 fully saturated rings. The number of esters is 1. The van der Waals surface area contributed by atoms with Gasteiger partial charge in [-0.3, -0.25) is 14.4 Å². The molecule has 5 nitrogen and oxygen atoms in total. The molecule has 0 radical (unpaired) electrons. The molecular formula is C18H11Cl4NO4. The lowest BCUT2D eigenvalue weighted by Crippen LogP contribution is -2.29. The highest BCUT2D eigenvalue weighted by Crippen LogP contribution is 2.45. The first-order valence-electron chi connectivity index (χ1n) is 7.83. The van der Waals surface area contributed by atoms with Crippen LogP contribution in [-0.4, -0.2) is 17.8 Å². The lowest BCUT2D eigenvalue weighted by Gasteiger charge is -2.14. The predicted octanol–water partition coefficient (Wildman–Crippen LogP) is 5.81. The summed E-state index contributed by atoms with van der Waals surface area (Å²) in [6.45, 7) is 1.86. The van der Waals surface area contributed by atoms with Gasteiger partial charge in [-0.1, -0.05) is 53.3 Å². The van der Waals surface area contributed by atoms with Crippen LogP contribution >= 0.6 is 46.4 Å². The molecular weight excluding hydrogens is 436 g/mol. The molecule has 27 heavy (non-hydrogen) atoms. The van der Waals surface area contributed by atoms with Crippen LogP contribution in [0.4, 0.5) is 5.69 Å². The average Bonchev–Trinajstić information content (AvgIpc) is 2.90. The van der Waals surface area contributed by atoms with E-state index in [0.29, 0.717) is 18.6 Å².